The number of hydrogen-bond donors (Lipinski definition) is 1. The van der Waals surface area contributed by atoms with E-state index in [0.717, 1.165) is 37.5 Å². The summed E-state index contributed by atoms with van der Waals surface area (Å²) in [5.41, 5.74) is 1.11. The average molecular weight is 406 g/mol. The van der Waals surface area contributed by atoms with Crippen molar-refractivity contribution in [2.24, 2.45) is 0 Å². The van der Waals surface area contributed by atoms with Gasteiger partial charge in [0.05, 0.1) is 10.6 Å². The molecule has 28 heavy (non-hydrogen) atoms. The van der Waals surface area contributed by atoms with E-state index in [1.165, 1.54) is 0 Å². The van der Waals surface area contributed by atoms with Gasteiger partial charge >= 0.3 is 0 Å². The number of halogens is 3. The predicted molar refractivity (Wildman–Crippen MR) is 106 cm³/mol. The Morgan fingerprint density at radius 3 is 2.71 bits per heavy atom. The maximum absolute atomic E-state index is 14.3. The smallest absolute Gasteiger partial charge is 0.128 e. The molecule has 0 aliphatic heterocycles. The van der Waals surface area contributed by atoms with E-state index in [9.17, 15) is 13.6 Å². The van der Waals surface area contributed by atoms with Gasteiger partial charge in [-0.05, 0) is 49.4 Å². The van der Waals surface area contributed by atoms with Crippen molar-refractivity contribution in [3.63, 3.8) is 0 Å². The summed E-state index contributed by atoms with van der Waals surface area (Å²) in [6.07, 6.45) is 1.93. The van der Waals surface area contributed by atoms with Crippen LogP contribution in [0.25, 0.3) is 0 Å². The standard InChI is InChI=1S/C21H22ClF2N3O/c1-2-8-26-13-19(7-9-28)27(14-16-10-17(23)4-6-21(16)24)18-5-3-15(12-25)20(22)11-18/h3-6,9-11,19,26H,2,7-8,13-14H2,1H3/t19-/m0/s1. The van der Waals surface area contributed by atoms with Crippen molar-refractivity contribution in [1.29, 1.82) is 5.26 Å². The first-order valence-corrected chi connectivity index (χ1v) is 9.42. The molecule has 0 amide bonds. The molecule has 0 aliphatic rings. The minimum atomic E-state index is -0.537. The Kier molecular flexibility index (Phi) is 8.37. The molecule has 1 atom stereocenters. The summed E-state index contributed by atoms with van der Waals surface area (Å²) in [5.74, 6) is -1.07. The molecule has 0 spiro atoms. The van der Waals surface area contributed by atoms with Gasteiger partial charge in [0.2, 0.25) is 0 Å². The zero-order chi connectivity index (χ0) is 20.5. The Balaban J connectivity index is 2.43. The summed E-state index contributed by atoms with van der Waals surface area (Å²) in [5, 5.41) is 12.6. The molecule has 0 fully saturated rings. The first-order valence-electron chi connectivity index (χ1n) is 9.04. The van der Waals surface area contributed by atoms with Crippen molar-refractivity contribution >= 4 is 23.6 Å². The van der Waals surface area contributed by atoms with Gasteiger partial charge in [0, 0.05) is 36.8 Å². The van der Waals surface area contributed by atoms with Crippen molar-refractivity contribution in [2.45, 2.75) is 32.4 Å². The van der Waals surface area contributed by atoms with Crippen LogP contribution in [0.4, 0.5) is 14.5 Å². The van der Waals surface area contributed by atoms with E-state index in [1.54, 1.807) is 18.2 Å². The summed E-state index contributed by atoms with van der Waals surface area (Å²) in [4.78, 5) is 13.1. The summed E-state index contributed by atoms with van der Waals surface area (Å²) in [6, 6.07) is 9.86. The van der Waals surface area contributed by atoms with Crippen LogP contribution in [0.15, 0.2) is 36.4 Å². The molecule has 2 aromatic rings. The van der Waals surface area contributed by atoms with Gasteiger partial charge in [-0.3, -0.25) is 0 Å². The molecule has 2 rings (SSSR count). The zero-order valence-electron chi connectivity index (χ0n) is 15.6. The highest BCUT2D eigenvalue weighted by molar-refractivity contribution is 6.32. The lowest BCUT2D eigenvalue weighted by Gasteiger charge is -2.33. The van der Waals surface area contributed by atoms with E-state index in [2.05, 4.69) is 5.32 Å². The van der Waals surface area contributed by atoms with Crippen molar-refractivity contribution in [2.75, 3.05) is 18.0 Å². The largest absolute Gasteiger partial charge is 0.362 e. The fraction of sp³-hybridized carbons (Fsp3) is 0.333. The number of rotatable bonds is 10. The second-order valence-corrected chi connectivity index (χ2v) is 6.81. The SMILES string of the molecule is CCCNC[C@H](CC=O)N(Cc1cc(F)ccc1F)c1ccc(C#N)c(Cl)c1. The lowest BCUT2D eigenvalue weighted by Crippen LogP contribution is -2.43. The van der Waals surface area contributed by atoms with Crippen molar-refractivity contribution in [1.82, 2.24) is 5.32 Å². The van der Waals surface area contributed by atoms with Gasteiger partial charge in [-0.25, -0.2) is 8.78 Å². The molecule has 0 aliphatic carbocycles. The Hall–Kier alpha value is -2.49. The predicted octanol–water partition coefficient (Wildman–Crippen LogP) is 4.45. The van der Waals surface area contributed by atoms with Gasteiger partial charge in [0.15, 0.2) is 0 Å². The molecule has 2 aromatic carbocycles. The number of benzene rings is 2. The molecule has 0 radical (unpaired) electrons. The molecule has 0 saturated heterocycles. The third-order valence-corrected chi connectivity index (χ3v) is 4.68. The molecule has 0 saturated carbocycles. The highest BCUT2D eigenvalue weighted by Gasteiger charge is 2.21. The van der Waals surface area contributed by atoms with E-state index in [4.69, 9.17) is 16.9 Å². The minimum Gasteiger partial charge on any atom is -0.362 e. The second kappa shape index (κ2) is 10.7. The number of nitrogens with one attached hydrogen (secondary N) is 1. The number of hydrogen-bond acceptors (Lipinski definition) is 4. The van der Waals surface area contributed by atoms with Crippen LogP contribution in [0.2, 0.25) is 5.02 Å². The van der Waals surface area contributed by atoms with Crippen LogP contribution < -0.4 is 10.2 Å². The highest BCUT2D eigenvalue weighted by Crippen LogP contribution is 2.27. The van der Waals surface area contributed by atoms with Gasteiger partial charge in [-0.15, -0.1) is 0 Å². The second-order valence-electron chi connectivity index (χ2n) is 6.40. The fourth-order valence-electron chi connectivity index (χ4n) is 2.93. The summed E-state index contributed by atoms with van der Waals surface area (Å²) < 4.78 is 27.9. The summed E-state index contributed by atoms with van der Waals surface area (Å²) >= 11 is 6.17. The third kappa shape index (κ3) is 5.75. The van der Waals surface area contributed by atoms with E-state index in [0.29, 0.717) is 17.8 Å². The van der Waals surface area contributed by atoms with Crippen LogP contribution in [0, 0.1) is 23.0 Å². The monoisotopic (exact) mass is 405 g/mol. The van der Waals surface area contributed by atoms with E-state index in [1.807, 2.05) is 17.9 Å². The molecular weight excluding hydrogens is 384 g/mol. The molecule has 0 bridgehead atoms. The van der Waals surface area contributed by atoms with E-state index >= 15 is 0 Å². The molecule has 4 nitrogen and oxygen atoms in total. The van der Waals surface area contributed by atoms with E-state index in [-0.39, 0.29) is 29.6 Å². The van der Waals surface area contributed by atoms with Crippen molar-refractivity contribution in [3.05, 3.63) is 64.2 Å². The molecule has 7 heteroatoms. The van der Waals surface area contributed by atoms with Crippen LogP contribution in [0.5, 0.6) is 0 Å². The van der Waals surface area contributed by atoms with Crippen LogP contribution in [0.3, 0.4) is 0 Å². The zero-order valence-corrected chi connectivity index (χ0v) is 16.3. The maximum atomic E-state index is 14.3. The normalized spacial score (nSPS) is 11.7. The Labute approximate surface area is 168 Å². The Bertz CT molecular complexity index is 854. The van der Waals surface area contributed by atoms with Gasteiger partial charge in [0.1, 0.15) is 24.0 Å². The molecule has 0 unspecified atom stereocenters. The molecular formula is C21H22ClF2N3O. The van der Waals surface area contributed by atoms with Crippen LogP contribution in [0.1, 0.15) is 30.9 Å². The topological polar surface area (TPSA) is 56.1 Å². The Morgan fingerprint density at radius 2 is 2.07 bits per heavy atom. The highest BCUT2D eigenvalue weighted by atomic mass is 35.5. The van der Waals surface area contributed by atoms with Gasteiger partial charge in [-0.1, -0.05) is 18.5 Å². The van der Waals surface area contributed by atoms with Crippen LogP contribution in [-0.4, -0.2) is 25.4 Å². The molecule has 0 heterocycles. The lowest BCUT2D eigenvalue weighted by molar-refractivity contribution is -0.108. The Morgan fingerprint density at radius 1 is 1.29 bits per heavy atom. The first-order chi connectivity index (χ1) is 13.5. The molecule has 0 aromatic heterocycles. The number of nitrogens with zero attached hydrogens (tertiary/aromatic N) is 2. The lowest BCUT2D eigenvalue weighted by atomic mass is 10.1. The van der Waals surface area contributed by atoms with Crippen molar-refractivity contribution < 1.29 is 13.6 Å². The number of nitriles is 1. The summed E-state index contributed by atoms with van der Waals surface area (Å²) in [7, 11) is 0. The third-order valence-electron chi connectivity index (χ3n) is 4.37. The number of carbonyl (C=O) groups excluding carboxylic acids is 1. The quantitative estimate of drug-likeness (QED) is 0.468. The van der Waals surface area contributed by atoms with E-state index < -0.39 is 11.6 Å². The average Bonchev–Trinajstić information content (AvgIpc) is 2.68. The number of anilines is 1. The molecule has 1 N–H and O–H groups in total. The van der Waals surface area contributed by atoms with Gasteiger partial charge in [0.25, 0.3) is 0 Å². The number of carbonyl (C=O) groups is 1. The maximum Gasteiger partial charge on any atom is 0.128 e. The summed E-state index contributed by atoms with van der Waals surface area (Å²) in [6.45, 7) is 3.34. The minimum absolute atomic E-state index is 0.0537. The van der Waals surface area contributed by atoms with Gasteiger partial charge in [-0.2, -0.15) is 5.26 Å². The number of aldehydes is 1. The van der Waals surface area contributed by atoms with Gasteiger partial charge < -0.3 is 15.0 Å². The van der Waals surface area contributed by atoms with Crippen LogP contribution in [-0.2, 0) is 11.3 Å². The fourth-order valence-corrected chi connectivity index (χ4v) is 3.15. The first kappa shape index (κ1) is 21.8. The molecule has 148 valence electrons. The van der Waals surface area contributed by atoms with Crippen molar-refractivity contribution in [3.8, 4) is 6.07 Å². The van der Waals surface area contributed by atoms with Crippen LogP contribution >= 0.6 is 11.6 Å².